The van der Waals surface area contributed by atoms with Crippen LogP contribution in [0.25, 0.3) is 10.8 Å². The van der Waals surface area contributed by atoms with E-state index in [-0.39, 0.29) is 18.0 Å². The van der Waals surface area contributed by atoms with Gasteiger partial charge in [0.25, 0.3) is 0 Å². The molecule has 1 fully saturated rings. The molecule has 0 aliphatic carbocycles. The quantitative estimate of drug-likeness (QED) is 0.530. The van der Waals surface area contributed by atoms with Gasteiger partial charge in [0.1, 0.15) is 6.10 Å². The van der Waals surface area contributed by atoms with E-state index in [1.54, 1.807) is 0 Å². The number of ketones is 1. The number of ether oxygens (including phenoxy) is 1. The fourth-order valence-electron chi connectivity index (χ4n) is 2.80. The third kappa shape index (κ3) is 2.14. The molecule has 2 nitrogen and oxygen atoms in total. The van der Waals surface area contributed by atoms with E-state index < -0.39 is 0 Å². The number of hydrogen-bond acceptors (Lipinski definition) is 2. The number of hydrogen-bond donors (Lipinski definition) is 0. The number of epoxide rings is 1. The molecule has 2 atom stereocenters. The Morgan fingerprint density at radius 3 is 2.38 bits per heavy atom. The Kier molecular flexibility index (Phi) is 2.83. The second-order valence-corrected chi connectivity index (χ2v) is 5.28. The number of Topliss-reactive ketones (excluding diaryl/α,β-unsaturated/α-hetero) is 1. The highest BCUT2D eigenvalue weighted by Crippen LogP contribution is 2.41. The lowest BCUT2D eigenvalue weighted by Crippen LogP contribution is -2.08. The smallest absolute Gasteiger partial charge is 0.195 e. The molecule has 0 spiro atoms. The minimum atomic E-state index is -0.349. The summed E-state index contributed by atoms with van der Waals surface area (Å²) in [6.07, 6.45) is -0.448. The summed E-state index contributed by atoms with van der Waals surface area (Å²) in [4.78, 5) is 12.7. The first-order chi connectivity index (χ1) is 10.3. The van der Waals surface area contributed by atoms with Crippen LogP contribution in [0.3, 0.4) is 0 Å². The first-order valence-corrected chi connectivity index (χ1v) is 7.07. The van der Waals surface area contributed by atoms with Gasteiger partial charge in [-0.3, -0.25) is 4.79 Å². The van der Waals surface area contributed by atoms with E-state index in [0.717, 1.165) is 21.9 Å². The fraction of sp³-hybridized carbons (Fsp3) is 0.105. The lowest BCUT2D eigenvalue weighted by Gasteiger charge is -2.04. The number of rotatable bonds is 3. The molecule has 3 aromatic rings. The average molecular weight is 274 g/mol. The molecule has 102 valence electrons. The maximum absolute atomic E-state index is 12.7. The molecule has 1 heterocycles. The van der Waals surface area contributed by atoms with Crippen LogP contribution in [-0.4, -0.2) is 11.9 Å². The van der Waals surface area contributed by atoms with E-state index in [1.165, 1.54) is 0 Å². The Balaban J connectivity index is 1.67. The van der Waals surface area contributed by atoms with Crippen molar-refractivity contribution in [2.45, 2.75) is 12.2 Å². The Morgan fingerprint density at radius 1 is 0.810 bits per heavy atom. The topological polar surface area (TPSA) is 29.6 Å². The summed E-state index contributed by atoms with van der Waals surface area (Å²) < 4.78 is 5.62. The zero-order chi connectivity index (χ0) is 14.2. The summed E-state index contributed by atoms with van der Waals surface area (Å²) in [5, 5.41) is 2.08. The summed E-state index contributed by atoms with van der Waals surface area (Å²) in [5.41, 5.74) is 1.81. The second-order valence-electron chi connectivity index (χ2n) is 5.28. The van der Waals surface area contributed by atoms with Gasteiger partial charge in [-0.05, 0) is 16.3 Å². The number of benzene rings is 3. The molecule has 4 rings (SSSR count). The minimum Gasteiger partial charge on any atom is -0.356 e. The second kappa shape index (κ2) is 4.83. The monoisotopic (exact) mass is 274 g/mol. The van der Waals surface area contributed by atoms with Gasteiger partial charge in [-0.25, -0.2) is 0 Å². The van der Waals surface area contributed by atoms with Crippen molar-refractivity contribution in [1.29, 1.82) is 0 Å². The van der Waals surface area contributed by atoms with E-state index in [1.807, 2.05) is 72.8 Å². The van der Waals surface area contributed by atoms with Crippen molar-refractivity contribution < 1.29 is 9.53 Å². The van der Waals surface area contributed by atoms with E-state index in [4.69, 9.17) is 4.74 Å². The Bertz CT molecular complexity index is 803. The zero-order valence-corrected chi connectivity index (χ0v) is 11.4. The van der Waals surface area contributed by atoms with E-state index in [0.29, 0.717) is 0 Å². The molecule has 1 saturated heterocycles. The maximum atomic E-state index is 12.7. The molecular formula is C19H14O2. The number of carbonyl (C=O) groups excluding carboxylic acids is 1. The van der Waals surface area contributed by atoms with Crippen LogP contribution in [0.1, 0.15) is 22.0 Å². The minimum absolute atomic E-state index is 0.0700. The van der Waals surface area contributed by atoms with Crippen molar-refractivity contribution in [1.82, 2.24) is 0 Å². The molecule has 0 radical (unpaired) electrons. The van der Waals surface area contributed by atoms with Gasteiger partial charge >= 0.3 is 0 Å². The van der Waals surface area contributed by atoms with Crippen molar-refractivity contribution in [3.8, 4) is 0 Å². The third-order valence-electron chi connectivity index (χ3n) is 3.93. The van der Waals surface area contributed by atoms with Crippen LogP contribution in [0.4, 0.5) is 0 Å². The highest BCUT2D eigenvalue weighted by molar-refractivity contribution is 6.11. The van der Waals surface area contributed by atoms with Crippen molar-refractivity contribution in [2.75, 3.05) is 0 Å². The average Bonchev–Trinajstić information content (AvgIpc) is 3.35. The van der Waals surface area contributed by atoms with Crippen molar-refractivity contribution in [3.05, 3.63) is 83.9 Å². The number of carbonyl (C=O) groups is 1. The highest BCUT2D eigenvalue weighted by atomic mass is 16.6. The molecule has 2 heteroatoms. The maximum Gasteiger partial charge on any atom is 0.195 e. The van der Waals surface area contributed by atoms with Gasteiger partial charge in [0.2, 0.25) is 0 Å². The van der Waals surface area contributed by atoms with Crippen LogP contribution < -0.4 is 0 Å². The molecule has 0 saturated carbocycles. The van der Waals surface area contributed by atoms with Crippen molar-refractivity contribution in [3.63, 3.8) is 0 Å². The summed E-state index contributed by atoms with van der Waals surface area (Å²) in [6.45, 7) is 0. The van der Waals surface area contributed by atoms with Crippen LogP contribution in [0.2, 0.25) is 0 Å². The molecule has 0 N–H and O–H groups in total. The van der Waals surface area contributed by atoms with Gasteiger partial charge < -0.3 is 4.74 Å². The SMILES string of the molecule is O=C(c1cccc2ccccc12)[C@@H]1O[C@@H]1c1ccccc1. The molecule has 1 aliphatic heterocycles. The first kappa shape index (κ1) is 12.3. The van der Waals surface area contributed by atoms with Gasteiger partial charge in [0, 0.05) is 5.56 Å². The van der Waals surface area contributed by atoms with Gasteiger partial charge in [0.15, 0.2) is 11.9 Å². The van der Waals surface area contributed by atoms with Gasteiger partial charge in [-0.1, -0.05) is 72.8 Å². The third-order valence-corrected chi connectivity index (χ3v) is 3.93. The molecule has 0 aromatic heterocycles. The van der Waals surface area contributed by atoms with Gasteiger partial charge in [-0.2, -0.15) is 0 Å². The molecule has 1 aliphatic rings. The molecular weight excluding hydrogens is 260 g/mol. The Morgan fingerprint density at radius 2 is 1.52 bits per heavy atom. The predicted molar refractivity (Wildman–Crippen MR) is 82.3 cm³/mol. The molecule has 0 unspecified atom stereocenters. The summed E-state index contributed by atoms with van der Waals surface area (Å²) in [5.74, 6) is 0.0700. The first-order valence-electron chi connectivity index (χ1n) is 7.07. The van der Waals surface area contributed by atoms with Crippen LogP contribution in [-0.2, 0) is 4.74 Å². The Hall–Kier alpha value is -2.45. The van der Waals surface area contributed by atoms with Crippen LogP contribution in [0.15, 0.2) is 72.8 Å². The highest BCUT2D eigenvalue weighted by Gasteiger charge is 2.46. The number of fused-ring (bicyclic) bond motifs is 1. The van der Waals surface area contributed by atoms with Crippen LogP contribution in [0.5, 0.6) is 0 Å². The fourth-order valence-corrected chi connectivity index (χ4v) is 2.80. The van der Waals surface area contributed by atoms with Gasteiger partial charge in [0.05, 0.1) is 0 Å². The molecule has 0 amide bonds. The summed E-state index contributed by atoms with van der Waals surface area (Å²) in [6, 6.07) is 23.7. The molecule has 21 heavy (non-hydrogen) atoms. The van der Waals surface area contributed by atoms with Crippen LogP contribution in [0, 0.1) is 0 Å². The van der Waals surface area contributed by atoms with Crippen LogP contribution >= 0.6 is 0 Å². The van der Waals surface area contributed by atoms with Crippen molar-refractivity contribution in [2.24, 2.45) is 0 Å². The normalized spacial score (nSPS) is 20.4. The summed E-state index contributed by atoms with van der Waals surface area (Å²) >= 11 is 0. The lowest BCUT2D eigenvalue weighted by molar-refractivity contribution is 0.0955. The zero-order valence-electron chi connectivity index (χ0n) is 11.4. The molecule has 3 aromatic carbocycles. The Labute approximate surface area is 123 Å². The largest absolute Gasteiger partial charge is 0.356 e. The van der Waals surface area contributed by atoms with Gasteiger partial charge in [-0.15, -0.1) is 0 Å². The predicted octanol–water partition coefficient (Wildman–Crippen LogP) is 4.16. The molecule has 0 bridgehead atoms. The van der Waals surface area contributed by atoms with E-state index >= 15 is 0 Å². The van der Waals surface area contributed by atoms with E-state index in [2.05, 4.69) is 0 Å². The summed E-state index contributed by atoms with van der Waals surface area (Å²) in [7, 11) is 0. The standard InChI is InChI=1S/C19H14O2/c20-17(19-18(21-19)14-8-2-1-3-9-14)16-12-6-10-13-7-4-5-11-15(13)16/h1-12,18-19H/t18-,19+/m1/s1. The van der Waals surface area contributed by atoms with Crippen molar-refractivity contribution >= 4 is 16.6 Å². The lowest BCUT2D eigenvalue weighted by atomic mass is 9.97. The van der Waals surface area contributed by atoms with E-state index in [9.17, 15) is 4.79 Å².